The standard InChI is InChI=1S/C9H6BrClN2O/c10-7-3-6(5-12)1-2-8(7)13-9(14)4-11/h1-3H,4H2,(H,13,14). The van der Waals surface area contributed by atoms with Crippen molar-refractivity contribution in [3.63, 3.8) is 0 Å². The Morgan fingerprint density at radius 1 is 1.64 bits per heavy atom. The lowest BCUT2D eigenvalue weighted by molar-refractivity contribution is -0.113. The molecule has 0 saturated heterocycles. The number of nitrogens with zero attached hydrogens (tertiary/aromatic N) is 1. The number of hydrogen-bond acceptors (Lipinski definition) is 2. The quantitative estimate of drug-likeness (QED) is 0.842. The lowest BCUT2D eigenvalue weighted by Crippen LogP contribution is -2.12. The van der Waals surface area contributed by atoms with E-state index >= 15 is 0 Å². The van der Waals surface area contributed by atoms with Crippen LogP contribution in [0.2, 0.25) is 0 Å². The van der Waals surface area contributed by atoms with E-state index in [-0.39, 0.29) is 11.8 Å². The van der Waals surface area contributed by atoms with Gasteiger partial charge in [0.15, 0.2) is 0 Å². The molecule has 1 amide bonds. The zero-order valence-corrected chi connectivity index (χ0v) is 9.39. The van der Waals surface area contributed by atoms with Gasteiger partial charge in [0.2, 0.25) is 5.91 Å². The first kappa shape index (κ1) is 11.0. The Kier molecular flexibility index (Phi) is 3.93. The van der Waals surface area contributed by atoms with Crippen molar-refractivity contribution in [3.05, 3.63) is 28.2 Å². The normalized spacial score (nSPS) is 9.21. The number of benzene rings is 1. The number of halogens is 2. The second kappa shape index (κ2) is 4.99. The summed E-state index contributed by atoms with van der Waals surface area (Å²) in [7, 11) is 0. The Balaban J connectivity index is 2.90. The van der Waals surface area contributed by atoms with Gasteiger partial charge in [0, 0.05) is 4.47 Å². The van der Waals surface area contributed by atoms with Crippen molar-refractivity contribution in [2.24, 2.45) is 0 Å². The number of nitrogens with one attached hydrogen (secondary N) is 1. The first-order valence-electron chi connectivity index (χ1n) is 3.73. The summed E-state index contributed by atoms with van der Waals surface area (Å²) in [6.07, 6.45) is 0. The molecular weight excluding hydrogens is 267 g/mol. The van der Waals surface area contributed by atoms with Gasteiger partial charge in [0.25, 0.3) is 0 Å². The molecule has 1 aromatic carbocycles. The summed E-state index contributed by atoms with van der Waals surface area (Å²) < 4.78 is 0.662. The molecule has 3 nitrogen and oxygen atoms in total. The Bertz CT molecular complexity index is 400. The van der Waals surface area contributed by atoms with Crippen LogP contribution in [0.1, 0.15) is 5.56 Å². The minimum Gasteiger partial charge on any atom is -0.324 e. The molecule has 0 bridgehead atoms. The van der Waals surface area contributed by atoms with Crippen LogP contribution >= 0.6 is 27.5 Å². The molecule has 0 saturated carbocycles. The van der Waals surface area contributed by atoms with E-state index < -0.39 is 0 Å². The van der Waals surface area contributed by atoms with E-state index in [0.29, 0.717) is 15.7 Å². The van der Waals surface area contributed by atoms with Crippen LogP contribution in [0.25, 0.3) is 0 Å². The number of carbonyl (C=O) groups is 1. The van der Waals surface area contributed by atoms with Crippen LogP contribution in [0.4, 0.5) is 5.69 Å². The van der Waals surface area contributed by atoms with Gasteiger partial charge in [-0.15, -0.1) is 11.6 Å². The Labute approximate surface area is 94.8 Å². The van der Waals surface area contributed by atoms with Crippen molar-refractivity contribution < 1.29 is 4.79 Å². The summed E-state index contributed by atoms with van der Waals surface area (Å²) in [5.41, 5.74) is 1.13. The van der Waals surface area contributed by atoms with E-state index in [1.54, 1.807) is 18.2 Å². The minimum absolute atomic E-state index is 0.0908. The third kappa shape index (κ3) is 2.72. The molecule has 0 aliphatic rings. The zero-order chi connectivity index (χ0) is 10.6. The average Bonchev–Trinajstić information content (AvgIpc) is 2.20. The fourth-order valence-corrected chi connectivity index (χ4v) is 1.41. The predicted molar refractivity (Wildman–Crippen MR) is 58.2 cm³/mol. The first-order chi connectivity index (χ1) is 6.67. The Morgan fingerprint density at radius 3 is 2.86 bits per heavy atom. The topological polar surface area (TPSA) is 52.9 Å². The van der Waals surface area contributed by atoms with E-state index in [2.05, 4.69) is 21.2 Å². The monoisotopic (exact) mass is 272 g/mol. The third-order valence-electron chi connectivity index (χ3n) is 1.49. The molecule has 1 N–H and O–H groups in total. The molecule has 14 heavy (non-hydrogen) atoms. The lowest BCUT2D eigenvalue weighted by Gasteiger charge is -2.05. The van der Waals surface area contributed by atoms with Crippen molar-refractivity contribution in [3.8, 4) is 6.07 Å². The second-order valence-electron chi connectivity index (χ2n) is 2.49. The van der Waals surface area contributed by atoms with Gasteiger partial charge in [0.05, 0.1) is 17.3 Å². The van der Waals surface area contributed by atoms with Gasteiger partial charge < -0.3 is 5.32 Å². The summed E-state index contributed by atoms with van der Waals surface area (Å²) in [5, 5.41) is 11.2. The first-order valence-corrected chi connectivity index (χ1v) is 5.05. The van der Waals surface area contributed by atoms with Crippen LogP contribution in [0.5, 0.6) is 0 Å². The van der Waals surface area contributed by atoms with E-state index in [4.69, 9.17) is 16.9 Å². The van der Waals surface area contributed by atoms with Gasteiger partial charge in [-0.05, 0) is 34.1 Å². The zero-order valence-electron chi connectivity index (χ0n) is 7.05. The highest BCUT2D eigenvalue weighted by molar-refractivity contribution is 9.10. The van der Waals surface area contributed by atoms with Crippen LogP contribution in [-0.4, -0.2) is 11.8 Å². The molecule has 0 heterocycles. The molecule has 0 fully saturated rings. The van der Waals surface area contributed by atoms with E-state index in [0.717, 1.165) is 0 Å². The molecule has 5 heteroatoms. The predicted octanol–water partition coefficient (Wildman–Crippen LogP) is 2.50. The van der Waals surface area contributed by atoms with Gasteiger partial charge in [-0.3, -0.25) is 4.79 Å². The Hall–Kier alpha value is -1.05. The maximum absolute atomic E-state index is 11.0. The number of anilines is 1. The molecule has 1 rings (SSSR count). The summed E-state index contributed by atoms with van der Waals surface area (Å²) >= 11 is 8.57. The molecule has 0 unspecified atom stereocenters. The highest BCUT2D eigenvalue weighted by Gasteiger charge is 2.04. The van der Waals surface area contributed by atoms with Crippen molar-refractivity contribution in [1.29, 1.82) is 5.26 Å². The number of nitriles is 1. The van der Waals surface area contributed by atoms with Crippen molar-refractivity contribution in [2.75, 3.05) is 11.2 Å². The van der Waals surface area contributed by atoms with Crippen LogP contribution in [0, 0.1) is 11.3 Å². The van der Waals surface area contributed by atoms with E-state index in [9.17, 15) is 4.79 Å². The molecule has 72 valence electrons. The second-order valence-corrected chi connectivity index (χ2v) is 3.61. The fourth-order valence-electron chi connectivity index (χ4n) is 0.870. The fraction of sp³-hybridized carbons (Fsp3) is 0.111. The highest BCUT2D eigenvalue weighted by atomic mass is 79.9. The van der Waals surface area contributed by atoms with Gasteiger partial charge in [0.1, 0.15) is 5.88 Å². The van der Waals surface area contributed by atoms with E-state index in [1.807, 2.05) is 6.07 Å². The molecule has 1 aromatic rings. The van der Waals surface area contributed by atoms with Crippen LogP contribution in [-0.2, 0) is 4.79 Å². The Morgan fingerprint density at radius 2 is 2.36 bits per heavy atom. The molecular formula is C9H6BrClN2O. The number of hydrogen-bond donors (Lipinski definition) is 1. The van der Waals surface area contributed by atoms with Crippen LogP contribution in [0.15, 0.2) is 22.7 Å². The number of alkyl halides is 1. The highest BCUT2D eigenvalue weighted by Crippen LogP contribution is 2.23. The molecule has 0 aromatic heterocycles. The van der Waals surface area contributed by atoms with Gasteiger partial charge in [-0.1, -0.05) is 0 Å². The van der Waals surface area contributed by atoms with Crippen LogP contribution < -0.4 is 5.32 Å². The molecule has 0 atom stereocenters. The third-order valence-corrected chi connectivity index (χ3v) is 2.39. The molecule has 0 radical (unpaired) electrons. The van der Waals surface area contributed by atoms with Gasteiger partial charge >= 0.3 is 0 Å². The molecule has 0 aliphatic carbocycles. The van der Waals surface area contributed by atoms with Crippen LogP contribution in [0.3, 0.4) is 0 Å². The maximum Gasteiger partial charge on any atom is 0.239 e. The summed E-state index contributed by atoms with van der Waals surface area (Å²) in [5.74, 6) is -0.371. The van der Waals surface area contributed by atoms with E-state index in [1.165, 1.54) is 0 Å². The average molecular weight is 274 g/mol. The minimum atomic E-state index is -0.280. The number of carbonyl (C=O) groups excluding carboxylic acids is 1. The van der Waals surface area contributed by atoms with Crippen molar-refractivity contribution in [1.82, 2.24) is 0 Å². The SMILES string of the molecule is N#Cc1ccc(NC(=O)CCl)c(Br)c1. The maximum atomic E-state index is 11.0. The van der Waals surface area contributed by atoms with Crippen molar-refractivity contribution in [2.45, 2.75) is 0 Å². The summed E-state index contributed by atoms with van der Waals surface area (Å²) in [4.78, 5) is 11.0. The molecule has 0 aliphatic heterocycles. The largest absolute Gasteiger partial charge is 0.324 e. The molecule has 0 spiro atoms. The summed E-state index contributed by atoms with van der Waals surface area (Å²) in [6.45, 7) is 0. The number of rotatable bonds is 2. The smallest absolute Gasteiger partial charge is 0.239 e. The summed E-state index contributed by atoms with van der Waals surface area (Å²) in [6, 6.07) is 6.89. The lowest BCUT2D eigenvalue weighted by atomic mass is 10.2. The number of amides is 1. The van der Waals surface area contributed by atoms with Gasteiger partial charge in [-0.2, -0.15) is 5.26 Å². The van der Waals surface area contributed by atoms with Crippen molar-refractivity contribution >= 4 is 39.1 Å². The van der Waals surface area contributed by atoms with Gasteiger partial charge in [-0.25, -0.2) is 0 Å².